The molecule has 0 bridgehead atoms. The van der Waals surface area contributed by atoms with Gasteiger partial charge in [0.05, 0.1) is 18.0 Å². The van der Waals surface area contributed by atoms with Crippen molar-refractivity contribution in [3.05, 3.63) is 41.7 Å². The number of anilines is 1. The van der Waals surface area contributed by atoms with Gasteiger partial charge in [0.1, 0.15) is 6.33 Å². The first-order valence-corrected chi connectivity index (χ1v) is 8.81. The first kappa shape index (κ1) is 15.3. The molecule has 1 aliphatic heterocycles. The molecule has 6 nitrogen and oxygen atoms in total. The van der Waals surface area contributed by atoms with E-state index < -0.39 is 0 Å². The molecule has 0 aliphatic carbocycles. The molecule has 0 spiro atoms. The molecule has 3 aromatic rings. The van der Waals surface area contributed by atoms with Crippen LogP contribution in [0.1, 0.15) is 5.56 Å². The number of ether oxygens (including phenoxy) is 1. The minimum Gasteiger partial charge on any atom is -0.480 e. The van der Waals surface area contributed by atoms with Crippen molar-refractivity contribution in [3.63, 3.8) is 0 Å². The maximum Gasteiger partial charge on any atom is 0.224 e. The second-order valence-electron chi connectivity index (χ2n) is 5.88. The van der Waals surface area contributed by atoms with Crippen molar-refractivity contribution < 1.29 is 4.74 Å². The quantitative estimate of drug-likeness (QED) is 0.726. The molecule has 0 N–H and O–H groups in total. The molecule has 1 saturated heterocycles. The van der Waals surface area contributed by atoms with Crippen LogP contribution in [0.25, 0.3) is 10.9 Å². The number of fused-ring (bicyclic) bond motifs is 1. The molecule has 1 aromatic carbocycles. The van der Waals surface area contributed by atoms with E-state index in [1.807, 2.05) is 12.3 Å². The maximum atomic E-state index is 5.36. The fraction of sp³-hybridized carbons (Fsp3) is 0.353. The van der Waals surface area contributed by atoms with Gasteiger partial charge in [0.2, 0.25) is 5.88 Å². The van der Waals surface area contributed by atoms with Crippen molar-refractivity contribution in [1.29, 1.82) is 0 Å². The van der Waals surface area contributed by atoms with Crippen molar-refractivity contribution in [2.75, 3.05) is 38.2 Å². The summed E-state index contributed by atoms with van der Waals surface area (Å²) in [7, 11) is 1.65. The highest BCUT2D eigenvalue weighted by molar-refractivity contribution is 7.03. The molecule has 124 valence electrons. The van der Waals surface area contributed by atoms with Crippen LogP contribution < -0.4 is 9.64 Å². The summed E-state index contributed by atoms with van der Waals surface area (Å²) in [5.41, 5.74) is 3.42. The predicted molar refractivity (Wildman–Crippen MR) is 95.7 cm³/mol. The fourth-order valence-electron chi connectivity index (χ4n) is 3.11. The Kier molecular flexibility index (Phi) is 4.27. The first-order chi connectivity index (χ1) is 11.8. The summed E-state index contributed by atoms with van der Waals surface area (Å²) < 4.78 is 9.54. The first-order valence-electron chi connectivity index (χ1n) is 7.98. The van der Waals surface area contributed by atoms with Crippen LogP contribution in [0.4, 0.5) is 5.69 Å². The number of hydrogen-bond acceptors (Lipinski definition) is 7. The van der Waals surface area contributed by atoms with E-state index in [1.54, 1.807) is 13.4 Å². The Hall–Kier alpha value is -2.25. The van der Waals surface area contributed by atoms with E-state index in [0.29, 0.717) is 5.88 Å². The minimum absolute atomic E-state index is 0.630. The zero-order valence-electron chi connectivity index (χ0n) is 13.6. The molecule has 0 radical (unpaired) electrons. The van der Waals surface area contributed by atoms with E-state index in [9.17, 15) is 0 Å². The summed E-state index contributed by atoms with van der Waals surface area (Å²) >= 11 is 1.52. The summed E-state index contributed by atoms with van der Waals surface area (Å²) in [6.07, 6.45) is 3.51. The maximum absolute atomic E-state index is 5.36. The summed E-state index contributed by atoms with van der Waals surface area (Å²) in [5, 5.41) is 3.09. The van der Waals surface area contributed by atoms with Crippen LogP contribution in [0.3, 0.4) is 0 Å². The number of benzene rings is 1. The van der Waals surface area contributed by atoms with E-state index in [2.05, 4.69) is 41.7 Å². The van der Waals surface area contributed by atoms with Crippen LogP contribution in [0.2, 0.25) is 0 Å². The van der Waals surface area contributed by atoms with E-state index in [-0.39, 0.29) is 0 Å². The van der Waals surface area contributed by atoms with E-state index >= 15 is 0 Å². The third-order valence-electron chi connectivity index (χ3n) is 4.40. The Balaban J connectivity index is 1.48. The number of rotatable bonds is 4. The molecule has 0 unspecified atom stereocenters. The Morgan fingerprint density at radius 1 is 1.17 bits per heavy atom. The lowest BCUT2D eigenvalue weighted by atomic mass is 10.2. The lowest BCUT2D eigenvalue weighted by Gasteiger charge is -2.36. The number of nitrogens with zero attached hydrogens (tertiary/aromatic N) is 5. The van der Waals surface area contributed by atoms with Gasteiger partial charge in [-0.05, 0) is 35.3 Å². The highest BCUT2D eigenvalue weighted by Crippen LogP contribution is 2.27. The molecular weight excluding hydrogens is 322 g/mol. The highest BCUT2D eigenvalue weighted by atomic mass is 32.1. The molecule has 7 heteroatoms. The molecule has 1 fully saturated rings. The van der Waals surface area contributed by atoms with Crippen LogP contribution in [0, 0.1) is 0 Å². The third kappa shape index (κ3) is 3.05. The van der Waals surface area contributed by atoms with Crippen molar-refractivity contribution in [2.24, 2.45) is 0 Å². The topological polar surface area (TPSA) is 54.4 Å². The second kappa shape index (κ2) is 6.70. The Morgan fingerprint density at radius 2 is 2.04 bits per heavy atom. The van der Waals surface area contributed by atoms with Gasteiger partial charge in [-0.1, -0.05) is 0 Å². The predicted octanol–water partition coefficient (Wildman–Crippen LogP) is 2.42. The normalized spacial score (nSPS) is 15.8. The third-order valence-corrected chi connectivity index (χ3v) is 5.04. The largest absolute Gasteiger partial charge is 0.480 e. The molecular formula is C17H19N5OS. The second-order valence-corrected chi connectivity index (χ2v) is 6.54. The average molecular weight is 341 g/mol. The Morgan fingerprint density at radius 3 is 2.79 bits per heavy atom. The SMILES string of the molecule is COc1ncnc2ccc(N3CCN(Cc4cnsc4)CC3)cc12. The molecule has 2 aromatic heterocycles. The molecule has 0 atom stereocenters. The van der Waals surface area contributed by atoms with Crippen LogP contribution in [0.15, 0.2) is 36.1 Å². The average Bonchev–Trinajstić information content (AvgIpc) is 3.14. The highest BCUT2D eigenvalue weighted by Gasteiger charge is 2.18. The lowest BCUT2D eigenvalue weighted by molar-refractivity contribution is 0.250. The molecule has 0 saturated carbocycles. The Labute approximate surface area is 144 Å². The standard InChI is InChI=1S/C17H19N5OS/c1-23-17-15-8-14(2-3-16(15)18-12-19-17)22-6-4-21(5-7-22)10-13-9-20-24-11-13/h2-3,8-9,11-12H,4-7,10H2,1H3. The molecule has 1 aliphatic rings. The van der Waals surface area contributed by atoms with Crippen molar-refractivity contribution in [1.82, 2.24) is 19.2 Å². The molecule has 4 rings (SSSR count). The van der Waals surface area contributed by atoms with Gasteiger partial charge in [-0.3, -0.25) is 4.90 Å². The number of aromatic nitrogens is 3. The lowest BCUT2D eigenvalue weighted by Crippen LogP contribution is -2.45. The summed E-state index contributed by atoms with van der Waals surface area (Å²) in [6, 6.07) is 6.30. The number of methoxy groups -OCH3 is 1. The van der Waals surface area contributed by atoms with Crippen LogP contribution in [-0.2, 0) is 6.54 Å². The van der Waals surface area contributed by atoms with E-state index in [1.165, 1.54) is 22.8 Å². The van der Waals surface area contributed by atoms with Crippen molar-refractivity contribution in [3.8, 4) is 5.88 Å². The van der Waals surface area contributed by atoms with Crippen molar-refractivity contribution in [2.45, 2.75) is 6.54 Å². The molecule has 24 heavy (non-hydrogen) atoms. The summed E-state index contributed by atoms with van der Waals surface area (Å²) in [4.78, 5) is 13.4. The minimum atomic E-state index is 0.630. The molecule has 3 heterocycles. The van der Waals surface area contributed by atoms with Gasteiger partial charge in [-0.2, -0.15) is 0 Å². The van der Waals surface area contributed by atoms with E-state index in [0.717, 1.165) is 43.6 Å². The van der Waals surface area contributed by atoms with Gasteiger partial charge in [-0.15, -0.1) is 0 Å². The van der Waals surface area contributed by atoms with E-state index in [4.69, 9.17) is 4.74 Å². The van der Waals surface area contributed by atoms with Gasteiger partial charge in [0.15, 0.2) is 0 Å². The zero-order chi connectivity index (χ0) is 16.4. The smallest absolute Gasteiger partial charge is 0.224 e. The summed E-state index contributed by atoms with van der Waals surface area (Å²) in [5.74, 6) is 0.630. The van der Waals surface area contributed by atoms with Crippen LogP contribution in [-0.4, -0.2) is 52.5 Å². The zero-order valence-corrected chi connectivity index (χ0v) is 14.4. The van der Waals surface area contributed by atoms with Gasteiger partial charge >= 0.3 is 0 Å². The molecule has 0 amide bonds. The monoisotopic (exact) mass is 341 g/mol. The van der Waals surface area contributed by atoms with Gasteiger partial charge in [0.25, 0.3) is 0 Å². The fourth-order valence-corrected chi connectivity index (χ4v) is 3.64. The summed E-state index contributed by atoms with van der Waals surface area (Å²) in [6.45, 7) is 5.12. The van der Waals surface area contributed by atoms with Gasteiger partial charge in [0, 0.05) is 50.0 Å². The van der Waals surface area contributed by atoms with Crippen LogP contribution >= 0.6 is 11.5 Å². The van der Waals surface area contributed by atoms with Gasteiger partial charge < -0.3 is 9.64 Å². The van der Waals surface area contributed by atoms with Crippen molar-refractivity contribution >= 4 is 28.1 Å². The van der Waals surface area contributed by atoms with Crippen LogP contribution in [0.5, 0.6) is 5.88 Å². The van der Waals surface area contributed by atoms with Gasteiger partial charge in [-0.25, -0.2) is 14.3 Å². The Bertz CT molecular complexity index is 815. The number of hydrogen-bond donors (Lipinski definition) is 0. The number of piperazine rings is 1.